The number of hydrogen-bond acceptors (Lipinski definition) is 1. The Morgan fingerprint density at radius 1 is 1.60 bits per heavy atom. The van der Waals surface area contributed by atoms with Crippen molar-refractivity contribution < 1.29 is 4.55 Å². The molecule has 5 heavy (non-hydrogen) atoms. The molecule has 0 saturated carbocycles. The van der Waals surface area contributed by atoms with Gasteiger partial charge in [0.1, 0.15) is 0 Å². The molecule has 0 aromatic carbocycles. The van der Waals surface area contributed by atoms with Crippen molar-refractivity contribution in [1.82, 2.24) is 0 Å². The SMILES string of the molecule is CS(C)(O)Cl. The molecule has 0 amide bonds. The molecular formula is C2H7ClOS. The van der Waals surface area contributed by atoms with E-state index < -0.39 is 9.52 Å². The van der Waals surface area contributed by atoms with Crippen LogP contribution in [-0.4, -0.2) is 17.1 Å². The Hall–Kier alpha value is 0.600. The predicted molar refractivity (Wildman–Crippen MR) is 27.9 cm³/mol. The van der Waals surface area contributed by atoms with Crippen LogP contribution < -0.4 is 0 Å². The summed E-state index contributed by atoms with van der Waals surface area (Å²) in [7, 11) is 3.47. The summed E-state index contributed by atoms with van der Waals surface area (Å²) in [5, 5.41) is 0. The lowest BCUT2D eigenvalue weighted by Gasteiger charge is -2.08. The second-order valence-electron chi connectivity index (χ2n) is 1.15. The summed E-state index contributed by atoms with van der Waals surface area (Å²) in [6, 6.07) is 0. The summed E-state index contributed by atoms with van der Waals surface area (Å²) in [6.07, 6.45) is 3.18. The molecule has 0 atom stereocenters. The quantitative estimate of drug-likeness (QED) is 0.508. The van der Waals surface area contributed by atoms with Crippen LogP contribution in [0.3, 0.4) is 0 Å². The van der Waals surface area contributed by atoms with Crippen molar-refractivity contribution in [3.05, 3.63) is 0 Å². The number of hydrogen-bond donors (Lipinski definition) is 1. The third-order valence-electron chi connectivity index (χ3n) is 0. The molecule has 1 N–H and O–H groups in total. The first-order valence-electron chi connectivity index (χ1n) is 1.15. The topological polar surface area (TPSA) is 20.2 Å². The first-order chi connectivity index (χ1) is 2.00. The average molecular weight is 115 g/mol. The van der Waals surface area contributed by atoms with Gasteiger partial charge in [-0.15, -0.1) is 0 Å². The first-order valence-corrected chi connectivity index (χ1v) is 4.39. The lowest BCUT2D eigenvalue weighted by Crippen LogP contribution is -1.74. The van der Waals surface area contributed by atoms with E-state index >= 15 is 0 Å². The lowest BCUT2D eigenvalue weighted by molar-refractivity contribution is 0.652. The number of rotatable bonds is 0. The van der Waals surface area contributed by atoms with E-state index in [2.05, 4.69) is 0 Å². The van der Waals surface area contributed by atoms with E-state index in [0.29, 0.717) is 0 Å². The van der Waals surface area contributed by atoms with Crippen molar-refractivity contribution in [2.75, 3.05) is 12.5 Å². The van der Waals surface area contributed by atoms with Crippen molar-refractivity contribution in [3.8, 4) is 0 Å². The zero-order valence-corrected chi connectivity index (χ0v) is 4.81. The predicted octanol–water partition coefficient (Wildman–Crippen LogP) is 1.68. The Morgan fingerprint density at radius 3 is 1.60 bits per heavy atom. The van der Waals surface area contributed by atoms with Gasteiger partial charge in [0.05, 0.1) is 0 Å². The summed E-state index contributed by atoms with van der Waals surface area (Å²) >= 11 is 0. The summed E-state index contributed by atoms with van der Waals surface area (Å²) < 4.78 is 8.37. The maximum absolute atomic E-state index is 8.37. The van der Waals surface area contributed by atoms with E-state index in [1.54, 1.807) is 12.5 Å². The van der Waals surface area contributed by atoms with Crippen LogP contribution in [0.15, 0.2) is 0 Å². The van der Waals surface area contributed by atoms with E-state index in [0.717, 1.165) is 0 Å². The molecule has 1 nitrogen and oxygen atoms in total. The molecule has 0 saturated heterocycles. The summed E-state index contributed by atoms with van der Waals surface area (Å²) in [4.78, 5) is 0. The van der Waals surface area contributed by atoms with Gasteiger partial charge in [0.15, 0.2) is 0 Å². The second kappa shape index (κ2) is 1.37. The minimum Gasteiger partial charge on any atom is -0.338 e. The zero-order valence-electron chi connectivity index (χ0n) is 3.23. The monoisotopic (exact) mass is 114 g/mol. The van der Waals surface area contributed by atoms with Crippen molar-refractivity contribution in [3.63, 3.8) is 0 Å². The van der Waals surface area contributed by atoms with Crippen LogP contribution in [0.2, 0.25) is 0 Å². The Balaban J connectivity index is 3.02. The molecule has 0 fully saturated rings. The summed E-state index contributed by atoms with van der Waals surface area (Å²) in [6.45, 7) is 0. The highest BCUT2D eigenvalue weighted by Gasteiger charge is 1.93. The molecule has 0 bridgehead atoms. The fourth-order valence-electron chi connectivity index (χ4n) is 0. The fraction of sp³-hybridized carbons (Fsp3) is 1.00. The van der Waals surface area contributed by atoms with Crippen molar-refractivity contribution >= 4 is 20.2 Å². The van der Waals surface area contributed by atoms with Gasteiger partial charge in [-0.3, -0.25) is 0 Å². The van der Waals surface area contributed by atoms with Crippen LogP contribution in [0, 0.1) is 0 Å². The molecular weight excluding hydrogens is 108 g/mol. The Bertz CT molecular complexity index is 25.1. The van der Waals surface area contributed by atoms with E-state index in [4.69, 9.17) is 15.2 Å². The summed E-state index contributed by atoms with van der Waals surface area (Å²) in [5.74, 6) is 0. The normalized spacial score (nSPS) is 15.2. The molecule has 0 spiro atoms. The van der Waals surface area contributed by atoms with Gasteiger partial charge in [0.25, 0.3) is 0 Å². The van der Waals surface area contributed by atoms with Gasteiger partial charge in [-0.25, -0.2) is 0 Å². The molecule has 0 aromatic heterocycles. The molecule has 0 rings (SSSR count). The third kappa shape index (κ3) is 86.4. The average Bonchev–Trinajstić information content (AvgIpc) is 0.722. The van der Waals surface area contributed by atoms with Crippen LogP contribution in [0.1, 0.15) is 0 Å². The smallest absolute Gasteiger partial charge is 0.000213 e. The highest BCUT2D eigenvalue weighted by atomic mass is 35.7. The lowest BCUT2D eigenvalue weighted by atomic mass is 11.9. The van der Waals surface area contributed by atoms with E-state index in [9.17, 15) is 0 Å². The standard InChI is InChI=1S/C2H7ClOS/c1-5(2,3)4/h4H,1-2H3. The molecule has 0 unspecified atom stereocenters. The van der Waals surface area contributed by atoms with Crippen LogP contribution in [0.25, 0.3) is 0 Å². The van der Waals surface area contributed by atoms with Gasteiger partial charge in [0.2, 0.25) is 0 Å². The van der Waals surface area contributed by atoms with Gasteiger partial charge in [-0.2, -0.15) is 0 Å². The molecule has 34 valence electrons. The van der Waals surface area contributed by atoms with Gasteiger partial charge in [-0.05, 0) is 10.7 Å². The minimum absolute atomic E-state index is 1.59. The fourth-order valence-corrected chi connectivity index (χ4v) is 0. The molecule has 0 radical (unpaired) electrons. The van der Waals surface area contributed by atoms with Gasteiger partial charge in [-0.1, -0.05) is 9.52 Å². The van der Waals surface area contributed by atoms with Crippen LogP contribution in [-0.2, 0) is 0 Å². The maximum Gasteiger partial charge on any atom is 0.000213 e. The molecule has 0 aliphatic carbocycles. The van der Waals surface area contributed by atoms with E-state index in [1.807, 2.05) is 0 Å². The Labute approximate surface area is 38.0 Å². The van der Waals surface area contributed by atoms with Crippen molar-refractivity contribution in [2.24, 2.45) is 0 Å². The van der Waals surface area contributed by atoms with Crippen LogP contribution in [0.4, 0.5) is 0 Å². The Morgan fingerprint density at radius 2 is 1.60 bits per heavy atom. The van der Waals surface area contributed by atoms with Gasteiger partial charge in [0, 0.05) is 12.5 Å². The first kappa shape index (κ1) is 5.60. The number of halogens is 1. The van der Waals surface area contributed by atoms with Crippen LogP contribution in [0.5, 0.6) is 0 Å². The molecule has 3 heteroatoms. The Kier molecular flexibility index (Phi) is 1.53. The molecule has 0 aromatic rings. The third-order valence-corrected chi connectivity index (χ3v) is 0. The highest BCUT2D eigenvalue weighted by Crippen LogP contribution is 2.39. The van der Waals surface area contributed by atoms with E-state index in [-0.39, 0.29) is 0 Å². The zero-order chi connectivity index (χ0) is 4.50. The van der Waals surface area contributed by atoms with Gasteiger partial charge < -0.3 is 4.55 Å². The maximum atomic E-state index is 8.37. The van der Waals surface area contributed by atoms with Crippen molar-refractivity contribution in [1.29, 1.82) is 0 Å². The molecule has 0 aliphatic heterocycles. The van der Waals surface area contributed by atoms with Crippen molar-refractivity contribution in [2.45, 2.75) is 0 Å². The van der Waals surface area contributed by atoms with Gasteiger partial charge >= 0.3 is 0 Å². The molecule has 0 heterocycles. The van der Waals surface area contributed by atoms with E-state index in [1.165, 1.54) is 0 Å². The minimum atomic E-state index is -1.69. The molecule has 0 aliphatic rings. The van der Waals surface area contributed by atoms with Crippen LogP contribution >= 0.6 is 20.2 Å². The largest absolute Gasteiger partial charge is 0.338 e. The highest BCUT2D eigenvalue weighted by molar-refractivity contribution is 8.46. The summed E-state index contributed by atoms with van der Waals surface area (Å²) in [5.41, 5.74) is 0. The second-order valence-corrected chi connectivity index (χ2v) is 5.72.